The number of rotatable bonds is 6. The van der Waals surface area contributed by atoms with Gasteiger partial charge in [-0.25, -0.2) is 14.3 Å². The lowest BCUT2D eigenvalue weighted by Gasteiger charge is -2.23. The van der Waals surface area contributed by atoms with Crippen molar-refractivity contribution in [2.45, 2.75) is 38.8 Å². The predicted molar refractivity (Wildman–Crippen MR) is 119 cm³/mol. The molecule has 0 spiro atoms. The van der Waals surface area contributed by atoms with Crippen LogP contribution >= 0.6 is 0 Å². The first-order chi connectivity index (χ1) is 15.5. The van der Waals surface area contributed by atoms with Crippen LogP contribution in [0.25, 0.3) is 11.1 Å². The van der Waals surface area contributed by atoms with E-state index in [1.807, 2.05) is 0 Å². The zero-order chi connectivity index (χ0) is 24.2. The Morgan fingerprint density at radius 1 is 1.18 bits per heavy atom. The van der Waals surface area contributed by atoms with E-state index in [2.05, 4.69) is 15.5 Å². The van der Waals surface area contributed by atoms with E-state index in [1.54, 1.807) is 32.9 Å². The highest BCUT2D eigenvalue weighted by Gasteiger charge is 2.23. The maximum Gasteiger partial charge on any atom is 0.408 e. The number of nitro benzene ring substituents is 1. The molecule has 33 heavy (non-hydrogen) atoms. The number of aromatic amines is 1. The Bertz CT molecular complexity index is 1200. The number of carbonyl (C=O) groups is 1. The summed E-state index contributed by atoms with van der Waals surface area (Å²) in [6.45, 7) is 5.19. The average Bonchev–Trinajstić information content (AvgIpc) is 2.74. The molecule has 1 aromatic heterocycles. The number of amides is 1. The number of H-pyrrole nitrogens is 1. The van der Waals surface area contributed by atoms with E-state index in [9.17, 15) is 24.1 Å². The molecule has 0 aliphatic rings. The number of halogens is 1. The number of nitro groups is 1. The SMILES string of the molecule is CC(C)(C)OC(=O)N[C@@H](Cc1ccc(F)cc1)c1cc(-c2ccc([N+](=O)[O-])cc2)c(=O)[nH]n1. The number of carbonyl (C=O) groups excluding carboxylic acids is 1. The van der Waals surface area contributed by atoms with E-state index < -0.39 is 34.0 Å². The number of hydrogen-bond donors (Lipinski definition) is 2. The molecule has 172 valence electrons. The van der Waals surface area contributed by atoms with Crippen LogP contribution in [-0.2, 0) is 11.2 Å². The van der Waals surface area contributed by atoms with Crippen LogP contribution in [0.5, 0.6) is 0 Å². The molecular formula is C23H23FN4O5. The first-order valence-electron chi connectivity index (χ1n) is 10.1. The van der Waals surface area contributed by atoms with E-state index in [4.69, 9.17) is 4.74 Å². The van der Waals surface area contributed by atoms with E-state index in [1.165, 1.54) is 42.5 Å². The van der Waals surface area contributed by atoms with E-state index in [0.29, 0.717) is 11.3 Å². The number of aromatic nitrogens is 2. The maximum atomic E-state index is 13.3. The van der Waals surface area contributed by atoms with Gasteiger partial charge >= 0.3 is 6.09 Å². The van der Waals surface area contributed by atoms with Crippen molar-refractivity contribution in [1.82, 2.24) is 15.5 Å². The third kappa shape index (κ3) is 6.45. The summed E-state index contributed by atoms with van der Waals surface area (Å²) in [5, 5.41) is 20.1. The standard InChI is InChI=1S/C23H23FN4O5/c1-23(2,3)33-22(30)25-19(12-14-4-8-16(24)9-5-14)20-13-18(21(29)27-26-20)15-6-10-17(11-7-15)28(31)32/h4-11,13,19H,12H2,1-3H3,(H,25,30)(H,27,29)/t19-/m0/s1. The Morgan fingerprint density at radius 3 is 2.39 bits per heavy atom. The van der Waals surface area contributed by atoms with Gasteiger partial charge in [0.2, 0.25) is 0 Å². The van der Waals surface area contributed by atoms with Crippen molar-refractivity contribution in [2.24, 2.45) is 0 Å². The fourth-order valence-corrected chi connectivity index (χ4v) is 3.11. The quantitative estimate of drug-likeness (QED) is 0.422. The molecule has 1 amide bonds. The van der Waals surface area contributed by atoms with Gasteiger partial charge in [0.15, 0.2) is 0 Å². The number of non-ortho nitro benzene ring substituents is 1. The molecular weight excluding hydrogens is 431 g/mol. The fourth-order valence-electron chi connectivity index (χ4n) is 3.11. The molecule has 0 aliphatic carbocycles. The third-order valence-electron chi connectivity index (χ3n) is 4.61. The Kier molecular flexibility index (Phi) is 6.86. The van der Waals surface area contributed by atoms with Gasteiger partial charge in [-0.1, -0.05) is 12.1 Å². The van der Waals surface area contributed by atoms with Crippen LogP contribution in [0.15, 0.2) is 59.4 Å². The molecule has 0 radical (unpaired) electrons. The first kappa shape index (κ1) is 23.6. The minimum absolute atomic E-state index is 0.106. The van der Waals surface area contributed by atoms with Gasteiger partial charge in [-0.3, -0.25) is 14.9 Å². The van der Waals surface area contributed by atoms with Gasteiger partial charge in [-0.05, 0) is 68.7 Å². The van der Waals surface area contributed by atoms with Crippen molar-refractivity contribution in [3.63, 3.8) is 0 Å². The van der Waals surface area contributed by atoms with Gasteiger partial charge in [0.05, 0.1) is 22.2 Å². The highest BCUT2D eigenvalue weighted by Crippen LogP contribution is 2.23. The number of alkyl carbamates (subject to hydrolysis) is 1. The smallest absolute Gasteiger partial charge is 0.408 e. The van der Waals surface area contributed by atoms with Crippen LogP contribution < -0.4 is 10.9 Å². The van der Waals surface area contributed by atoms with Crippen LogP contribution in [0.4, 0.5) is 14.9 Å². The van der Waals surface area contributed by atoms with Crippen LogP contribution in [0, 0.1) is 15.9 Å². The van der Waals surface area contributed by atoms with Gasteiger partial charge in [0.1, 0.15) is 11.4 Å². The van der Waals surface area contributed by atoms with Crippen molar-refractivity contribution in [2.75, 3.05) is 0 Å². The lowest BCUT2D eigenvalue weighted by Crippen LogP contribution is -2.36. The average molecular weight is 454 g/mol. The van der Waals surface area contributed by atoms with Crippen molar-refractivity contribution < 1.29 is 18.8 Å². The lowest BCUT2D eigenvalue weighted by molar-refractivity contribution is -0.384. The summed E-state index contributed by atoms with van der Waals surface area (Å²) in [5.74, 6) is -0.391. The Balaban J connectivity index is 1.97. The Labute approximate surface area is 188 Å². The molecule has 2 aromatic carbocycles. The molecule has 0 saturated heterocycles. The van der Waals surface area contributed by atoms with E-state index >= 15 is 0 Å². The highest BCUT2D eigenvalue weighted by atomic mass is 19.1. The molecule has 2 N–H and O–H groups in total. The van der Waals surface area contributed by atoms with Crippen LogP contribution in [0.2, 0.25) is 0 Å². The monoisotopic (exact) mass is 454 g/mol. The summed E-state index contributed by atoms with van der Waals surface area (Å²) in [6.07, 6.45) is -0.433. The summed E-state index contributed by atoms with van der Waals surface area (Å²) < 4.78 is 18.7. The molecule has 10 heteroatoms. The summed E-state index contributed by atoms with van der Waals surface area (Å²) >= 11 is 0. The van der Waals surface area contributed by atoms with Crippen molar-refractivity contribution in [1.29, 1.82) is 0 Å². The molecule has 0 saturated carbocycles. The molecule has 1 atom stereocenters. The topological polar surface area (TPSA) is 127 Å². The highest BCUT2D eigenvalue weighted by molar-refractivity contribution is 5.69. The largest absolute Gasteiger partial charge is 0.444 e. The zero-order valence-electron chi connectivity index (χ0n) is 18.3. The van der Waals surface area contributed by atoms with Gasteiger partial charge in [0, 0.05) is 12.1 Å². The second-order valence-corrected chi connectivity index (χ2v) is 8.37. The summed E-state index contributed by atoms with van der Waals surface area (Å²) in [4.78, 5) is 35.2. The van der Waals surface area contributed by atoms with Crippen molar-refractivity contribution in [3.8, 4) is 11.1 Å². The maximum absolute atomic E-state index is 13.3. The number of ether oxygens (including phenoxy) is 1. The third-order valence-corrected chi connectivity index (χ3v) is 4.61. The molecule has 0 unspecified atom stereocenters. The van der Waals surface area contributed by atoms with Gasteiger partial charge < -0.3 is 10.1 Å². The second-order valence-electron chi connectivity index (χ2n) is 8.37. The zero-order valence-corrected chi connectivity index (χ0v) is 18.3. The summed E-state index contributed by atoms with van der Waals surface area (Å²) in [5.41, 5.74) is 0.400. The molecule has 0 aliphatic heterocycles. The van der Waals surface area contributed by atoms with E-state index in [0.717, 1.165) is 5.56 Å². The minimum atomic E-state index is -0.729. The minimum Gasteiger partial charge on any atom is -0.444 e. The number of benzene rings is 2. The Hall–Kier alpha value is -4.08. The van der Waals surface area contributed by atoms with Crippen molar-refractivity contribution >= 4 is 11.8 Å². The molecule has 0 bridgehead atoms. The predicted octanol–water partition coefficient (Wildman–Crippen LogP) is 4.29. The molecule has 9 nitrogen and oxygen atoms in total. The molecule has 3 aromatic rings. The van der Waals surface area contributed by atoms with Crippen molar-refractivity contribution in [3.05, 3.63) is 92.1 Å². The molecule has 3 rings (SSSR count). The lowest BCUT2D eigenvalue weighted by atomic mass is 10.00. The van der Waals surface area contributed by atoms with E-state index in [-0.39, 0.29) is 17.7 Å². The molecule has 1 heterocycles. The van der Waals surface area contributed by atoms with Crippen LogP contribution in [-0.4, -0.2) is 26.8 Å². The van der Waals surface area contributed by atoms with Gasteiger partial charge in [-0.15, -0.1) is 0 Å². The normalized spacial score (nSPS) is 12.1. The fraction of sp³-hybridized carbons (Fsp3) is 0.261. The first-order valence-corrected chi connectivity index (χ1v) is 10.1. The molecule has 0 fully saturated rings. The van der Waals surface area contributed by atoms with Crippen LogP contribution in [0.3, 0.4) is 0 Å². The van der Waals surface area contributed by atoms with Gasteiger partial charge in [0.25, 0.3) is 11.2 Å². The summed E-state index contributed by atoms with van der Waals surface area (Å²) in [7, 11) is 0. The summed E-state index contributed by atoms with van der Waals surface area (Å²) in [6, 6.07) is 12.1. The second kappa shape index (κ2) is 9.60. The van der Waals surface area contributed by atoms with Gasteiger partial charge in [-0.2, -0.15) is 5.10 Å². The number of nitrogens with zero attached hydrogens (tertiary/aromatic N) is 2. The number of hydrogen-bond acceptors (Lipinski definition) is 6. The van der Waals surface area contributed by atoms with Crippen LogP contribution in [0.1, 0.15) is 38.1 Å². The Morgan fingerprint density at radius 2 is 1.82 bits per heavy atom. The number of nitrogens with one attached hydrogen (secondary N) is 2.